The molecule has 1 amide bonds. The van der Waals surface area contributed by atoms with Crippen molar-refractivity contribution < 1.29 is 4.79 Å². The molecule has 0 saturated carbocycles. The summed E-state index contributed by atoms with van der Waals surface area (Å²) in [7, 11) is 0. The van der Waals surface area contributed by atoms with Gasteiger partial charge in [0, 0.05) is 25.3 Å². The van der Waals surface area contributed by atoms with Gasteiger partial charge in [-0.05, 0) is 37.4 Å². The third kappa shape index (κ3) is 3.93. The Balaban J connectivity index is 1.85. The highest BCUT2D eigenvalue weighted by molar-refractivity contribution is 5.92. The van der Waals surface area contributed by atoms with Crippen LogP contribution in [0.25, 0.3) is 0 Å². The summed E-state index contributed by atoms with van der Waals surface area (Å²) in [5.74, 6) is 1.26. The summed E-state index contributed by atoms with van der Waals surface area (Å²) in [4.78, 5) is 17.6. The van der Waals surface area contributed by atoms with E-state index in [1.54, 1.807) is 12.3 Å². The summed E-state index contributed by atoms with van der Waals surface area (Å²) in [6.07, 6.45) is 3.92. The van der Waals surface area contributed by atoms with Crippen LogP contribution in [0.5, 0.6) is 0 Å². The standard InChI is InChI=1S/C15H24N4O/c1-11(2)17-9-12-5-7-19(8-6-12)14-4-3-13(10-18-14)15(16)20/h3-4,10-12,17H,5-9H2,1-2H3,(H2,16,20). The number of nitrogens with zero attached hydrogens (tertiary/aromatic N) is 2. The molecule has 20 heavy (non-hydrogen) atoms. The second-order valence-electron chi connectivity index (χ2n) is 5.76. The van der Waals surface area contributed by atoms with E-state index in [2.05, 4.69) is 29.0 Å². The number of piperidine rings is 1. The van der Waals surface area contributed by atoms with Crippen molar-refractivity contribution in [1.29, 1.82) is 0 Å². The van der Waals surface area contributed by atoms with E-state index in [-0.39, 0.29) is 0 Å². The van der Waals surface area contributed by atoms with Crippen LogP contribution in [-0.2, 0) is 0 Å². The van der Waals surface area contributed by atoms with Gasteiger partial charge in [-0.25, -0.2) is 4.98 Å². The van der Waals surface area contributed by atoms with Crippen LogP contribution in [0.2, 0.25) is 0 Å². The van der Waals surface area contributed by atoms with E-state index in [1.165, 1.54) is 12.8 Å². The molecule has 0 aliphatic carbocycles. The number of amides is 1. The van der Waals surface area contributed by atoms with Gasteiger partial charge in [0.2, 0.25) is 5.91 Å². The number of nitrogens with two attached hydrogens (primary N) is 1. The molecule has 5 nitrogen and oxygen atoms in total. The highest BCUT2D eigenvalue weighted by atomic mass is 16.1. The Morgan fingerprint density at radius 3 is 2.65 bits per heavy atom. The molecule has 0 atom stereocenters. The van der Waals surface area contributed by atoms with E-state index < -0.39 is 5.91 Å². The first kappa shape index (κ1) is 14.8. The molecule has 0 bridgehead atoms. The average molecular weight is 276 g/mol. The molecule has 1 aromatic heterocycles. The van der Waals surface area contributed by atoms with Crippen molar-refractivity contribution >= 4 is 11.7 Å². The lowest BCUT2D eigenvalue weighted by molar-refractivity contribution is 0.1000. The second-order valence-corrected chi connectivity index (χ2v) is 5.76. The molecule has 1 saturated heterocycles. The molecule has 110 valence electrons. The molecule has 1 aromatic rings. The number of carbonyl (C=O) groups excluding carboxylic acids is 1. The third-order valence-corrected chi connectivity index (χ3v) is 3.79. The van der Waals surface area contributed by atoms with E-state index in [0.717, 1.165) is 31.4 Å². The van der Waals surface area contributed by atoms with Crippen molar-refractivity contribution in [2.75, 3.05) is 24.5 Å². The van der Waals surface area contributed by atoms with E-state index in [1.807, 2.05) is 6.07 Å². The minimum atomic E-state index is -0.428. The van der Waals surface area contributed by atoms with Gasteiger partial charge in [0.1, 0.15) is 5.82 Å². The number of nitrogens with one attached hydrogen (secondary N) is 1. The SMILES string of the molecule is CC(C)NCC1CCN(c2ccc(C(N)=O)cn2)CC1. The maximum atomic E-state index is 11.0. The largest absolute Gasteiger partial charge is 0.366 e. The first-order valence-corrected chi connectivity index (χ1v) is 7.30. The Hall–Kier alpha value is -1.62. The fraction of sp³-hybridized carbons (Fsp3) is 0.600. The van der Waals surface area contributed by atoms with E-state index >= 15 is 0 Å². The van der Waals surface area contributed by atoms with Crippen LogP contribution < -0.4 is 16.0 Å². The molecule has 2 heterocycles. The van der Waals surface area contributed by atoms with Gasteiger partial charge in [-0.15, -0.1) is 0 Å². The van der Waals surface area contributed by atoms with Crippen LogP contribution in [0, 0.1) is 5.92 Å². The van der Waals surface area contributed by atoms with E-state index in [9.17, 15) is 4.79 Å². The lowest BCUT2D eigenvalue weighted by Crippen LogP contribution is -2.39. The number of rotatable bonds is 5. The van der Waals surface area contributed by atoms with Gasteiger partial charge in [-0.3, -0.25) is 4.79 Å². The molecular formula is C15H24N4O. The van der Waals surface area contributed by atoms with E-state index in [0.29, 0.717) is 11.6 Å². The summed E-state index contributed by atoms with van der Waals surface area (Å²) in [5, 5.41) is 3.50. The van der Waals surface area contributed by atoms with Crippen LogP contribution in [0.15, 0.2) is 18.3 Å². The summed E-state index contributed by atoms with van der Waals surface area (Å²) < 4.78 is 0. The van der Waals surface area contributed by atoms with Gasteiger partial charge in [0.25, 0.3) is 0 Å². The maximum absolute atomic E-state index is 11.0. The number of pyridine rings is 1. The van der Waals surface area contributed by atoms with Crippen molar-refractivity contribution in [2.24, 2.45) is 11.7 Å². The molecule has 1 aliphatic rings. The highest BCUT2D eigenvalue weighted by Crippen LogP contribution is 2.21. The van der Waals surface area contributed by atoms with Crippen molar-refractivity contribution in [3.05, 3.63) is 23.9 Å². The lowest BCUT2D eigenvalue weighted by atomic mass is 9.96. The zero-order valence-corrected chi connectivity index (χ0v) is 12.3. The normalized spacial score (nSPS) is 16.6. The van der Waals surface area contributed by atoms with Gasteiger partial charge in [0.15, 0.2) is 0 Å². The monoisotopic (exact) mass is 276 g/mol. The van der Waals surface area contributed by atoms with Crippen molar-refractivity contribution in [1.82, 2.24) is 10.3 Å². The molecule has 1 aliphatic heterocycles. The quantitative estimate of drug-likeness (QED) is 0.852. The summed E-state index contributed by atoms with van der Waals surface area (Å²) in [6.45, 7) is 7.50. The Bertz CT molecular complexity index is 436. The fourth-order valence-electron chi connectivity index (χ4n) is 2.49. The minimum Gasteiger partial charge on any atom is -0.366 e. The van der Waals surface area contributed by atoms with Crippen LogP contribution in [0.4, 0.5) is 5.82 Å². The number of primary amides is 1. The minimum absolute atomic E-state index is 0.428. The Morgan fingerprint density at radius 1 is 1.45 bits per heavy atom. The zero-order valence-electron chi connectivity index (χ0n) is 12.3. The number of hydrogen-bond acceptors (Lipinski definition) is 4. The summed E-state index contributed by atoms with van der Waals surface area (Å²) >= 11 is 0. The second kappa shape index (κ2) is 6.70. The van der Waals surface area contributed by atoms with Crippen molar-refractivity contribution in [3.63, 3.8) is 0 Å². The molecule has 2 rings (SSSR count). The topological polar surface area (TPSA) is 71.2 Å². The smallest absolute Gasteiger partial charge is 0.250 e. The zero-order chi connectivity index (χ0) is 14.5. The molecule has 0 aromatic carbocycles. The van der Waals surface area contributed by atoms with Crippen LogP contribution in [-0.4, -0.2) is 36.6 Å². The molecule has 5 heteroatoms. The summed E-state index contributed by atoms with van der Waals surface area (Å²) in [6, 6.07) is 4.18. The van der Waals surface area contributed by atoms with Gasteiger partial charge >= 0.3 is 0 Å². The highest BCUT2D eigenvalue weighted by Gasteiger charge is 2.20. The predicted molar refractivity (Wildman–Crippen MR) is 80.8 cm³/mol. The number of hydrogen-bond donors (Lipinski definition) is 2. The molecule has 1 fully saturated rings. The summed E-state index contributed by atoms with van der Waals surface area (Å²) in [5.41, 5.74) is 5.68. The molecule has 0 radical (unpaired) electrons. The van der Waals surface area contributed by atoms with Crippen LogP contribution in [0.1, 0.15) is 37.0 Å². The fourth-order valence-corrected chi connectivity index (χ4v) is 2.49. The van der Waals surface area contributed by atoms with Gasteiger partial charge < -0.3 is 16.0 Å². The Morgan fingerprint density at radius 2 is 2.15 bits per heavy atom. The van der Waals surface area contributed by atoms with Crippen molar-refractivity contribution in [2.45, 2.75) is 32.7 Å². The van der Waals surface area contributed by atoms with Gasteiger partial charge in [-0.2, -0.15) is 0 Å². The van der Waals surface area contributed by atoms with Crippen LogP contribution >= 0.6 is 0 Å². The number of carbonyl (C=O) groups is 1. The molecular weight excluding hydrogens is 252 g/mol. The average Bonchev–Trinajstić information content (AvgIpc) is 2.46. The molecule has 0 spiro atoms. The number of aromatic nitrogens is 1. The molecule has 0 unspecified atom stereocenters. The van der Waals surface area contributed by atoms with Gasteiger partial charge in [-0.1, -0.05) is 13.8 Å². The Labute approximate surface area is 120 Å². The van der Waals surface area contributed by atoms with Gasteiger partial charge in [0.05, 0.1) is 5.56 Å². The first-order valence-electron chi connectivity index (χ1n) is 7.30. The molecule has 3 N–H and O–H groups in total. The lowest BCUT2D eigenvalue weighted by Gasteiger charge is -2.33. The first-order chi connectivity index (χ1) is 9.56. The predicted octanol–water partition coefficient (Wildman–Crippen LogP) is 1.39. The van der Waals surface area contributed by atoms with Crippen LogP contribution in [0.3, 0.4) is 0 Å². The third-order valence-electron chi connectivity index (χ3n) is 3.79. The number of anilines is 1. The Kier molecular flexibility index (Phi) is 4.95. The van der Waals surface area contributed by atoms with E-state index in [4.69, 9.17) is 5.73 Å². The maximum Gasteiger partial charge on any atom is 0.250 e. The van der Waals surface area contributed by atoms with Crippen molar-refractivity contribution in [3.8, 4) is 0 Å².